The summed E-state index contributed by atoms with van der Waals surface area (Å²) >= 11 is 0. The topological polar surface area (TPSA) is 16.4 Å². The van der Waals surface area contributed by atoms with Crippen molar-refractivity contribution in [3.8, 4) is 33.4 Å². The zero-order valence-electron chi connectivity index (χ0n) is 30.8. The molecule has 55 heavy (non-hydrogen) atoms. The fraction of sp³-hybridized carbons (Fsp3) is 0.0566. The average molecular weight is 704 g/mol. The fourth-order valence-electron chi connectivity index (χ4n) is 8.91. The third-order valence-corrected chi connectivity index (χ3v) is 11.8. The van der Waals surface area contributed by atoms with Crippen LogP contribution in [0.2, 0.25) is 0 Å². The van der Waals surface area contributed by atoms with Gasteiger partial charge in [-0.3, -0.25) is 0 Å². The van der Waals surface area contributed by atoms with Crippen molar-refractivity contribution in [1.82, 2.24) is 0 Å². The van der Waals surface area contributed by atoms with E-state index in [2.05, 4.69) is 195 Å². The van der Waals surface area contributed by atoms with Gasteiger partial charge in [-0.1, -0.05) is 135 Å². The van der Waals surface area contributed by atoms with Crippen LogP contribution in [-0.2, 0) is 5.41 Å². The fourth-order valence-corrected chi connectivity index (χ4v) is 8.91. The van der Waals surface area contributed by atoms with E-state index in [1.807, 2.05) is 12.1 Å². The predicted molar refractivity (Wildman–Crippen MR) is 232 cm³/mol. The third kappa shape index (κ3) is 5.10. The van der Waals surface area contributed by atoms with Crippen LogP contribution in [0.3, 0.4) is 0 Å². The van der Waals surface area contributed by atoms with Crippen molar-refractivity contribution in [2.24, 2.45) is 0 Å². The van der Waals surface area contributed by atoms with Crippen LogP contribution in [0.15, 0.2) is 192 Å². The van der Waals surface area contributed by atoms with E-state index in [1.54, 1.807) is 0 Å². The minimum Gasteiger partial charge on any atom is -0.456 e. The molecule has 1 aromatic heterocycles. The number of nitrogens with zero attached hydrogens (tertiary/aromatic N) is 1. The Kier molecular flexibility index (Phi) is 6.93. The molecule has 0 unspecified atom stereocenters. The summed E-state index contributed by atoms with van der Waals surface area (Å²) in [6.07, 6.45) is 0. The Hall–Kier alpha value is -6.90. The van der Waals surface area contributed by atoms with E-state index in [0.717, 1.165) is 39.0 Å². The molecule has 0 fully saturated rings. The van der Waals surface area contributed by atoms with Crippen LogP contribution in [0.5, 0.6) is 0 Å². The van der Waals surface area contributed by atoms with Gasteiger partial charge in [0.15, 0.2) is 0 Å². The molecular formula is C53H37NO. The quantitative estimate of drug-likeness (QED) is 0.177. The SMILES string of the molecule is CC1(C)c2ccccc2-c2ccc(N(c3ccc(-c4ccc5cc(-c6ccc7ccccc7c6)ccc5c4)cc3)c3ccc4c(c3)oc3ccccc34)cc21. The van der Waals surface area contributed by atoms with Crippen LogP contribution in [0, 0.1) is 0 Å². The molecule has 260 valence electrons. The van der Waals surface area contributed by atoms with Gasteiger partial charge in [-0.05, 0) is 127 Å². The molecule has 9 aromatic carbocycles. The summed E-state index contributed by atoms with van der Waals surface area (Å²) in [5, 5.41) is 7.25. The van der Waals surface area contributed by atoms with Gasteiger partial charge < -0.3 is 9.32 Å². The minimum absolute atomic E-state index is 0.105. The highest BCUT2D eigenvalue weighted by atomic mass is 16.3. The summed E-state index contributed by atoms with van der Waals surface area (Å²) in [5.41, 5.74) is 15.2. The molecule has 0 N–H and O–H groups in total. The van der Waals surface area contributed by atoms with Crippen molar-refractivity contribution in [3.63, 3.8) is 0 Å². The number of hydrogen-bond acceptors (Lipinski definition) is 2. The highest BCUT2D eigenvalue weighted by Crippen LogP contribution is 2.51. The van der Waals surface area contributed by atoms with Gasteiger partial charge in [-0.25, -0.2) is 0 Å². The molecule has 2 heteroatoms. The van der Waals surface area contributed by atoms with Gasteiger partial charge in [0, 0.05) is 39.3 Å². The lowest BCUT2D eigenvalue weighted by atomic mass is 9.82. The van der Waals surface area contributed by atoms with Gasteiger partial charge in [0.05, 0.1) is 0 Å². The smallest absolute Gasteiger partial charge is 0.137 e. The zero-order chi connectivity index (χ0) is 36.7. The number of anilines is 3. The van der Waals surface area contributed by atoms with E-state index in [1.165, 1.54) is 66.1 Å². The van der Waals surface area contributed by atoms with Crippen LogP contribution in [-0.4, -0.2) is 0 Å². The van der Waals surface area contributed by atoms with Crippen molar-refractivity contribution >= 4 is 60.5 Å². The Morgan fingerprint density at radius 3 is 1.67 bits per heavy atom. The number of benzene rings is 9. The van der Waals surface area contributed by atoms with Gasteiger partial charge in [0.1, 0.15) is 11.2 Å². The Balaban J connectivity index is 0.978. The van der Waals surface area contributed by atoms with Crippen LogP contribution in [0.25, 0.3) is 76.9 Å². The first-order chi connectivity index (χ1) is 27.0. The van der Waals surface area contributed by atoms with E-state index >= 15 is 0 Å². The summed E-state index contributed by atoms with van der Waals surface area (Å²) < 4.78 is 6.40. The Morgan fingerprint density at radius 1 is 0.364 bits per heavy atom. The molecule has 10 aromatic rings. The second-order valence-corrected chi connectivity index (χ2v) is 15.4. The maximum absolute atomic E-state index is 6.40. The normalized spacial score (nSPS) is 13.1. The number of rotatable bonds is 5. The van der Waals surface area contributed by atoms with Crippen molar-refractivity contribution in [3.05, 3.63) is 199 Å². The van der Waals surface area contributed by atoms with E-state index in [-0.39, 0.29) is 5.41 Å². The molecule has 0 saturated carbocycles. The van der Waals surface area contributed by atoms with Gasteiger partial charge in [0.2, 0.25) is 0 Å². The van der Waals surface area contributed by atoms with Gasteiger partial charge in [-0.15, -0.1) is 0 Å². The lowest BCUT2D eigenvalue weighted by Gasteiger charge is -2.28. The largest absolute Gasteiger partial charge is 0.456 e. The molecule has 0 spiro atoms. The monoisotopic (exact) mass is 703 g/mol. The minimum atomic E-state index is -0.105. The maximum atomic E-state index is 6.40. The number of furan rings is 1. The first-order valence-electron chi connectivity index (χ1n) is 19.1. The molecule has 0 radical (unpaired) electrons. The summed E-state index contributed by atoms with van der Waals surface area (Å²) in [6.45, 7) is 4.68. The molecule has 1 aliphatic carbocycles. The number of fused-ring (bicyclic) bond motifs is 8. The second-order valence-electron chi connectivity index (χ2n) is 15.4. The zero-order valence-corrected chi connectivity index (χ0v) is 30.8. The lowest BCUT2D eigenvalue weighted by Crippen LogP contribution is -2.16. The van der Waals surface area contributed by atoms with E-state index < -0.39 is 0 Å². The van der Waals surface area contributed by atoms with E-state index in [4.69, 9.17) is 4.42 Å². The summed E-state index contributed by atoms with van der Waals surface area (Å²) in [4.78, 5) is 2.37. The lowest BCUT2D eigenvalue weighted by molar-refractivity contribution is 0.660. The van der Waals surface area contributed by atoms with Gasteiger partial charge in [0.25, 0.3) is 0 Å². The summed E-state index contributed by atoms with van der Waals surface area (Å²) in [5.74, 6) is 0. The van der Waals surface area contributed by atoms with Gasteiger partial charge >= 0.3 is 0 Å². The Labute approximate surface area is 320 Å². The molecule has 1 aliphatic rings. The molecule has 0 atom stereocenters. The van der Waals surface area contributed by atoms with Gasteiger partial charge in [-0.2, -0.15) is 0 Å². The number of para-hydroxylation sites is 1. The first-order valence-corrected chi connectivity index (χ1v) is 19.1. The number of hydrogen-bond donors (Lipinski definition) is 0. The molecule has 11 rings (SSSR count). The predicted octanol–water partition coefficient (Wildman–Crippen LogP) is 15.0. The highest BCUT2D eigenvalue weighted by molar-refractivity contribution is 6.06. The Bertz CT molecular complexity index is 3130. The van der Waals surface area contributed by atoms with Crippen LogP contribution >= 0.6 is 0 Å². The summed E-state index contributed by atoms with van der Waals surface area (Å²) in [7, 11) is 0. The van der Waals surface area contributed by atoms with E-state index in [9.17, 15) is 0 Å². The molecular weight excluding hydrogens is 667 g/mol. The summed E-state index contributed by atoms with van der Waals surface area (Å²) in [6, 6.07) is 68.5. The molecule has 1 heterocycles. The van der Waals surface area contributed by atoms with Crippen molar-refractivity contribution in [1.29, 1.82) is 0 Å². The molecule has 0 aliphatic heterocycles. The van der Waals surface area contributed by atoms with Crippen molar-refractivity contribution < 1.29 is 4.42 Å². The third-order valence-electron chi connectivity index (χ3n) is 11.8. The van der Waals surface area contributed by atoms with Crippen molar-refractivity contribution in [2.75, 3.05) is 4.90 Å². The van der Waals surface area contributed by atoms with Crippen LogP contribution in [0.1, 0.15) is 25.0 Å². The standard InChI is InChI=1S/C53H37NO/c1-53(2)49-13-7-5-11-45(49)46-27-25-43(32-50(46)53)54(44-26-28-48-47-12-6-8-14-51(47)55-52(48)33-44)42-23-21-35(22-24-42)37-17-18-40-31-41(20-19-39(40)30-37)38-16-15-34-9-3-4-10-36(34)29-38/h3-33H,1-2H3. The van der Waals surface area contributed by atoms with Crippen molar-refractivity contribution in [2.45, 2.75) is 19.3 Å². The molecule has 0 bridgehead atoms. The Morgan fingerprint density at radius 2 is 0.891 bits per heavy atom. The molecule has 2 nitrogen and oxygen atoms in total. The molecule has 0 amide bonds. The maximum Gasteiger partial charge on any atom is 0.137 e. The second kappa shape index (κ2) is 12.1. The highest BCUT2D eigenvalue weighted by Gasteiger charge is 2.35. The van der Waals surface area contributed by atoms with Crippen LogP contribution in [0.4, 0.5) is 17.1 Å². The first kappa shape index (κ1) is 31.6. The van der Waals surface area contributed by atoms with E-state index in [0.29, 0.717) is 0 Å². The molecule has 0 saturated heterocycles. The van der Waals surface area contributed by atoms with Crippen LogP contribution < -0.4 is 4.90 Å². The average Bonchev–Trinajstić information content (AvgIpc) is 3.72.